The van der Waals surface area contributed by atoms with E-state index >= 15 is 0 Å². The van der Waals surface area contributed by atoms with Gasteiger partial charge in [-0.15, -0.1) is 0 Å². The second-order valence-corrected chi connectivity index (χ2v) is 9.30. The van der Waals surface area contributed by atoms with Crippen molar-refractivity contribution in [3.63, 3.8) is 0 Å². The molecule has 7 nitrogen and oxygen atoms in total. The Labute approximate surface area is 214 Å². The molecule has 5 heterocycles. The Morgan fingerprint density at radius 1 is 0.600 bits per heavy atom. The summed E-state index contributed by atoms with van der Waals surface area (Å²) < 4.78 is 33.9. The van der Waals surface area contributed by atoms with Crippen molar-refractivity contribution in [2.24, 2.45) is 20.0 Å². The molecular formula is C26H16N4O3SZn. The van der Waals surface area contributed by atoms with Gasteiger partial charge in [0, 0.05) is 30.6 Å². The monoisotopic (exact) mass is 528 g/mol. The SMILES string of the molecule is O=S(=O)(O)c1ccccc1C1=CC2=CC3=NC(=CC4=NC(=CC5=NC(=CC1=N2)C=C5)C=C4)C=C3.[Zn]. The quantitative estimate of drug-likeness (QED) is 0.455. The minimum Gasteiger partial charge on any atom is -0.282 e. The zero-order valence-corrected chi connectivity index (χ0v) is 22.1. The summed E-state index contributed by atoms with van der Waals surface area (Å²) >= 11 is 0. The van der Waals surface area contributed by atoms with E-state index in [9.17, 15) is 13.0 Å². The van der Waals surface area contributed by atoms with Crippen LogP contribution in [0.2, 0.25) is 0 Å². The topological polar surface area (TPSA) is 104 Å². The molecule has 0 unspecified atom stereocenters. The van der Waals surface area contributed by atoms with Gasteiger partial charge >= 0.3 is 0 Å². The molecule has 1 aromatic carbocycles. The van der Waals surface area contributed by atoms with Crippen molar-refractivity contribution in [1.82, 2.24) is 0 Å². The Balaban J connectivity index is 0.00000253. The number of fused-ring (bicyclic) bond motifs is 4. The van der Waals surface area contributed by atoms with E-state index in [1.54, 1.807) is 30.4 Å². The van der Waals surface area contributed by atoms with E-state index in [0.29, 0.717) is 34.0 Å². The zero-order chi connectivity index (χ0) is 23.3. The Kier molecular flexibility index (Phi) is 5.85. The standard InChI is InChI=1S/C26H16N4O3S.Zn/c31-34(32,33)26-4-2-1-3-23(26)24-14-22-13-20-8-7-18(28-20)11-16-5-6-17(27-16)12-19-9-10-21(29-19)15-25(24)30-22;/h1-15H,(H,31,32,33);. The second kappa shape index (κ2) is 8.85. The van der Waals surface area contributed by atoms with Gasteiger partial charge < -0.3 is 0 Å². The maximum atomic E-state index is 12.0. The fourth-order valence-electron chi connectivity index (χ4n) is 4.03. The summed E-state index contributed by atoms with van der Waals surface area (Å²) in [5.41, 5.74) is 6.56. The summed E-state index contributed by atoms with van der Waals surface area (Å²) in [6, 6.07) is 6.30. The van der Waals surface area contributed by atoms with Crippen molar-refractivity contribution in [3.05, 3.63) is 119 Å². The predicted octanol–water partition coefficient (Wildman–Crippen LogP) is 4.35. The molecule has 0 aromatic heterocycles. The van der Waals surface area contributed by atoms with Crippen molar-refractivity contribution in [2.45, 2.75) is 4.90 Å². The van der Waals surface area contributed by atoms with Crippen LogP contribution in [0.4, 0.5) is 0 Å². The van der Waals surface area contributed by atoms with Crippen molar-refractivity contribution >= 4 is 38.5 Å². The number of aliphatic imine (C=N–C) groups is 4. The van der Waals surface area contributed by atoms with E-state index < -0.39 is 10.1 Å². The van der Waals surface area contributed by atoms with Gasteiger partial charge in [0.1, 0.15) is 4.90 Å². The molecule has 9 heteroatoms. The minimum atomic E-state index is -4.43. The van der Waals surface area contributed by atoms with Crippen LogP contribution < -0.4 is 0 Å². The van der Waals surface area contributed by atoms with E-state index in [1.165, 1.54) is 6.07 Å². The van der Waals surface area contributed by atoms with Gasteiger partial charge in [-0.05, 0) is 72.9 Å². The van der Waals surface area contributed by atoms with E-state index in [2.05, 4.69) is 15.0 Å². The first-order chi connectivity index (χ1) is 16.4. The van der Waals surface area contributed by atoms with Crippen LogP contribution in [0.25, 0.3) is 5.57 Å². The molecule has 0 atom stereocenters. The van der Waals surface area contributed by atoms with Crippen LogP contribution in [-0.4, -0.2) is 35.8 Å². The van der Waals surface area contributed by atoms with Crippen LogP contribution in [0.3, 0.4) is 0 Å². The summed E-state index contributed by atoms with van der Waals surface area (Å²) in [5.74, 6) is 0. The minimum absolute atomic E-state index is 0. The molecule has 5 aliphatic heterocycles. The van der Waals surface area contributed by atoms with Crippen molar-refractivity contribution in [2.75, 3.05) is 0 Å². The van der Waals surface area contributed by atoms with E-state index in [-0.39, 0.29) is 24.4 Å². The van der Waals surface area contributed by atoms with E-state index in [0.717, 1.165) is 22.8 Å². The molecule has 166 valence electrons. The number of hydrogen-bond donors (Lipinski definition) is 1. The predicted molar refractivity (Wildman–Crippen MR) is 134 cm³/mol. The molecule has 0 radical (unpaired) electrons. The van der Waals surface area contributed by atoms with Gasteiger partial charge in [-0.2, -0.15) is 8.42 Å². The van der Waals surface area contributed by atoms with Crippen molar-refractivity contribution < 1.29 is 32.4 Å². The number of allylic oxidation sites excluding steroid dienone is 12. The Hall–Kier alpha value is -3.65. The molecule has 1 aromatic rings. The van der Waals surface area contributed by atoms with Crippen molar-refractivity contribution in [1.29, 1.82) is 0 Å². The maximum absolute atomic E-state index is 12.0. The van der Waals surface area contributed by atoms with Crippen LogP contribution in [0.1, 0.15) is 5.56 Å². The fourth-order valence-corrected chi connectivity index (χ4v) is 4.73. The molecule has 0 saturated carbocycles. The number of hydrogen-bond acceptors (Lipinski definition) is 6. The van der Waals surface area contributed by atoms with Gasteiger partial charge in [-0.3, -0.25) is 4.55 Å². The molecule has 0 saturated heterocycles. The first-order valence-corrected chi connectivity index (χ1v) is 11.9. The first kappa shape index (κ1) is 23.1. The van der Waals surface area contributed by atoms with Crippen LogP contribution >= 0.6 is 0 Å². The summed E-state index contributed by atoms with van der Waals surface area (Å²) in [4.78, 5) is 18.4. The molecular weight excluding hydrogens is 514 g/mol. The summed E-state index contributed by atoms with van der Waals surface area (Å²) in [6.45, 7) is 0. The first-order valence-electron chi connectivity index (χ1n) is 10.5. The molecule has 1 N–H and O–H groups in total. The normalized spacial score (nSPS) is 19.6. The summed E-state index contributed by atoms with van der Waals surface area (Å²) in [7, 11) is -4.43. The van der Waals surface area contributed by atoms with Crippen LogP contribution in [0, 0.1) is 0 Å². The molecule has 8 bridgehead atoms. The second-order valence-electron chi connectivity index (χ2n) is 7.91. The smallest absolute Gasteiger partial charge is 0.282 e. The van der Waals surface area contributed by atoms with Gasteiger partial charge in [0.25, 0.3) is 10.1 Å². The molecule has 0 spiro atoms. The van der Waals surface area contributed by atoms with Gasteiger partial charge in [0.05, 0.1) is 45.6 Å². The van der Waals surface area contributed by atoms with E-state index in [4.69, 9.17) is 4.99 Å². The number of nitrogens with zero attached hydrogens (tertiary/aromatic N) is 4. The van der Waals surface area contributed by atoms with Gasteiger partial charge in [-0.25, -0.2) is 20.0 Å². The van der Waals surface area contributed by atoms with Crippen LogP contribution in [-0.2, 0) is 29.6 Å². The molecule has 0 aliphatic carbocycles. The van der Waals surface area contributed by atoms with Gasteiger partial charge in [0.15, 0.2) is 0 Å². The molecule has 35 heavy (non-hydrogen) atoms. The molecule has 6 rings (SSSR count). The van der Waals surface area contributed by atoms with Gasteiger partial charge in [-0.1, -0.05) is 18.2 Å². The Morgan fingerprint density at radius 3 is 1.69 bits per heavy atom. The Morgan fingerprint density at radius 2 is 1.11 bits per heavy atom. The summed E-state index contributed by atoms with van der Waals surface area (Å²) in [6.07, 6.45) is 20.6. The largest absolute Gasteiger partial charge is 0.295 e. The van der Waals surface area contributed by atoms with Crippen LogP contribution in [0.15, 0.2) is 139 Å². The average molecular weight is 530 g/mol. The van der Waals surface area contributed by atoms with E-state index in [1.807, 2.05) is 54.7 Å². The van der Waals surface area contributed by atoms with Crippen LogP contribution in [0.5, 0.6) is 0 Å². The third-order valence-corrected chi connectivity index (χ3v) is 6.41. The van der Waals surface area contributed by atoms with Gasteiger partial charge in [0.2, 0.25) is 0 Å². The summed E-state index contributed by atoms with van der Waals surface area (Å²) in [5, 5.41) is 0. The Bertz CT molecular complexity index is 1660. The zero-order valence-electron chi connectivity index (χ0n) is 18.3. The molecule has 5 aliphatic rings. The third kappa shape index (κ3) is 4.66. The maximum Gasteiger partial charge on any atom is 0.295 e. The third-order valence-electron chi connectivity index (χ3n) is 5.49. The molecule has 0 amide bonds. The number of rotatable bonds is 2. The average Bonchev–Trinajstić information content (AvgIpc) is 3.58. The number of benzene rings is 1. The van der Waals surface area contributed by atoms with Crippen molar-refractivity contribution in [3.8, 4) is 0 Å². The fraction of sp³-hybridized carbons (Fsp3) is 0. The molecule has 0 fully saturated rings.